The van der Waals surface area contributed by atoms with Gasteiger partial charge >= 0.3 is 0 Å². The van der Waals surface area contributed by atoms with Crippen molar-refractivity contribution >= 4 is 29.1 Å². The summed E-state index contributed by atoms with van der Waals surface area (Å²) in [6.45, 7) is 2.26. The van der Waals surface area contributed by atoms with Gasteiger partial charge in [-0.3, -0.25) is 14.5 Å². The summed E-state index contributed by atoms with van der Waals surface area (Å²) in [6, 6.07) is 3.11. The van der Waals surface area contributed by atoms with Crippen molar-refractivity contribution in [3.05, 3.63) is 17.2 Å². The Morgan fingerprint density at radius 1 is 1.17 bits per heavy atom. The average molecular weight is 359 g/mol. The number of hydrogen-bond acceptors (Lipinski definition) is 5. The van der Waals surface area contributed by atoms with E-state index in [1.165, 1.54) is 26.0 Å². The molecule has 0 aliphatic rings. The molecule has 134 valence electrons. The number of carbonyl (C=O) groups is 2. The molecular weight excluding hydrogens is 336 g/mol. The van der Waals surface area contributed by atoms with Crippen LogP contribution in [0.5, 0.6) is 11.5 Å². The zero-order valence-electron chi connectivity index (χ0n) is 14.3. The minimum atomic E-state index is -0.301. The second kappa shape index (κ2) is 10.00. The molecule has 0 bridgehead atoms. The number of carbonyl (C=O) groups excluding carboxylic acids is 2. The molecule has 0 saturated heterocycles. The summed E-state index contributed by atoms with van der Waals surface area (Å²) in [5, 5.41) is 3.09. The third kappa shape index (κ3) is 5.58. The van der Waals surface area contributed by atoms with Gasteiger partial charge in [0.1, 0.15) is 18.0 Å². The molecule has 0 heterocycles. The van der Waals surface area contributed by atoms with Crippen molar-refractivity contribution in [3.63, 3.8) is 0 Å². The zero-order chi connectivity index (χ0) is 18.1. The van der Waals surface area contributed by atoms with Gasteiger partial charge in [-0.25, -0.2) is 0 Å². The lowest BCUT2D eigenvalue weighted by Gasteiger charge is -2.23. The molecule has 0 radical (unpaired) electrons. The SMILES string of the molecule is COCCCNC(=O)CN(C(C)=O)c1cc(OC)c(Cl)cc1OC. The van der Waals surface area contributed by atoms with Gasteiger partial charge in [-0.15, -0.1) is 0 Å². The van der Waals surface area contributed by atoms with Gasteiger partial charge in [-0.1, -0.05) is 11.6 Å². The molecule has 1 rings (SSSR count). The molecule has 1 aromatic carbocycles. The van der Waals surface area contributed by atoms with E-state index in [1.54, 1.807) is 19.2 Å². The minimum Gasteiger partial charge on any atom is -0.495 e. The smallest absolute Gasteiger partial charge is 0.240 e. The van der Waals surface area contributed by atoms with Gasteiger partial charge in [0.2, 0.25) is 11.8 Å². The Hall–Kier alpha value is -1.99. The Bertz CT molecular complexity index is 580. The van der Waals surface area contributed by atoms with Gasteiger partial charge in [0.05, 0.1) is 24.9 Å². The molecule has 0 fully saturated rings. The van der Waals surface area contributed by atoms with Gasteiger partial charge in [0.25, 0.3) is 0 Å². The largest absolute Gasteiger partial charge is 0.495 e. The number of amides is 2. The molecule has 0 aliphatic heterocycles. The molecule has 0 saturated carbocycles. The highest BCUT2D eigenvalue weighted by molar-refractivity contribution is 6.32. The summed E-state index contributed by atoms with van der Waals surface area (Å²) in [4.78, 5) is 25.4. The van der Waals surface area contributed by atoms with E-state index in [-0.39, 0.29) is 18.4 Å². The number of nitrogens with one attached hydrogen (secondary N) is 1. The molecule has 7 nitrogen and oxygen atoms in total. The fourth-order valence-corrected chi connectivity index (χ4v) is 2.30. The van der Waals surface area contributed by atoms with Crippen molar-refractivity contribution in [3.8, 4) is 11.5 Å². The number of rotatable bonds is 9. The van der Waals surface area contributed by atoms with Crippen LogP contribution in [0.2, 0.25) is 5.02 Å². The van der Waals surface area contributed by atoms with Gasteiger partial charge in [0, 0.05) is 39.3 Å². The molecule has 1 N–H and O–H groups in total. The Morgan fingerprint density at radius 3 is 2.38 bits per heavy atom. The fraction of sp³-hybridized carbons (Fsp3) is 0.500. The van der Waals surface area contributed by atoms with Gasteiger partial charge in [-0.05, 0) is 6.42 Å². The van der Waals surface area contributed by atoms with Crippen LogP contribution in [0.15, 0.2) is 12.1 Å². The van der Waals surface area contributed by atoms with Crippen LogP contribution in [-0.2, 0) is 14.3 Å². The molecule has 1 aromatic rings. The fourth-order valence-electron chi connectivity index (χ4n) is 2.07. The Morgan fingerprint density at radius 2 is 1.83 bits per heavy atom. The zero-order valence-corrected chi connectivity index (χ0v) is 15.1. The number of halogens is 1. The molecule has 0 aromatic heterocycles. The van der Waals surface area contributed by atoms with E-state index in [9.17, 15) is 9.59 Å². The summed E-state index contributed by atoms with van der Waals surface area (Å²) >= 11 is 6.07. The predicted molar refractivity (Wildman–Crippen MR) is 92.1 cm³/mol. The average Bonchev–Trinajstić information content (AvgIpc) is 2.56. The van der Waals surface area contributed by atoms with E-state index in [4.69, 9.17) is 25.8 Å². The Kier molecular flexibility index (Phi) is 8.35. The van der Waals surface area contributed by atoms with Crippen LogP contribution < -0.4 is 19.7 Å². The van der Waals surface area contributed by atoms with Gasteiger partial charge in [-0.2, -0.15) is 0 Å². The lowest BCUT2D eigenvalue weighted by Crippen LogP contribution is -2.40. The van der Waals surface area contributed by atoms with E-state index in [2.05, 4.69) is 5.32 Å². The van der Waals surface area contributed by atoms with E-state index in [1.807, 2.05) is 0 Å². The summed E-state index contributed by atoms with van der Waals surface area (Å²) in [5.74, 6) is 0.185. The summed E-state index contributed by atoms with van der Waals surface area (Å²) in [7, 11) is 4.53. The molecule has 0 unspecified atom stereocenters. The molecule has 0 spiro atoms. The minimum absolute atomic E-state index is 0.135. The monoisotopic (exact) mass is 358 g/mol. The first-order valence-electron chi connectivity index (χ1n) is 7.39. The van der Waals surface area contributed by atoms with Crippen LogP contribution >= 0.6 is 11.6 Å². The summed E-state index contributed by atoms with van der Waals surface area (Å²) in [5.41, 5.74) is 0.415. The van der Waals surface area contributed by atoms with Crippen molar-refractivity contribution in [1.82, 2.24) is 5.32 Å². The highest BCUT2D eigenvalue weighted by Crippen LogP contribution is 2.38. The van der Waals surface area contributed by atoms with E-state index in [0.717, 1.165) is 0 Å². The topological polar surface area (TPSA) is 77.1 Å². The maximum atomic E-state index is 12.1. The molecule has 0 aliphatic carbocycles. The molecular formula is C16H23ClN2O5. The normalized spacial score (nSPS) is 10.2. The second-order valence-corrected chi connectivity index (χ2v) is 5.37. The maximum Gasteiger partial charge on any atom is 0.240 e. The van der Waals surface area contributed by atoms with Crippen LogP contribution in [-0.4, -0.2) is 52.8 Å². The molecule has 0 atom stereocenters. The number of methoxy groups -OCH3 is 3. The van der Waals surface area contributed by atoms with Gasteiger partial charge < -0.3 is 19.5 Å². The highest BCUT2D eigenvalue weighted by atomic mass is 35.5. The first kappa shape index (κ1) is 20.1. The molecule has 8 heteroatoms. The number of hydrogen-bond donors (Lipinski definition) is 1. The molecule has 24 heavy (non-hydrogen) atoms. The van der Waals surface area contributed by atoms with Crippen LogP contribution in [0, 0.1) is 0 Å². The summed E-state index contributed by atoms with van der Waals surface area (Å²) in [6.07, 6.45) is 0.695. The first-order valence-corrected chi connectivity index (χ1v) is 7.77. The van der Waals surface area contributed by atoms with Crippen LogP contribution in [0.25, 0.3) is 0 Å². The second-order valence-electron chi connectivity index (χ2n) is 4.96. The van der Waals surface area contributed by atoms with Crippen molar-refractivity contribution < 1.29 is 23.8 Å². The third-order valence-electron chi connectivity index (χ3n) is 3.27. The lowest BCUT2D eigenvalue weighted by atomic mass is 10.2. The van der Waals surface area contributed by atoms with Crippen molar-refractivity contribution in [2.45, 2.75) is 13.3 Å². The first-order chi connectivity index (χ1) is 11.4. The van der Waals surface area contributed by atoms with E-state index < -0.39 is 0 Å². The van der Waals surface area contributed by atoms with E-state index in [0.29, 0.717) is 41.8 Å². The van der Waals surface area contributed by atoms with Crippen LogP contribution in [0.4, 0.5) is 5.69 Å². The lowest BCUT2D eigenvalue weighted by molar-refractivity contribution is -0.123. The van der Waals surface area contributed by atoms with Crippen LogP contribution in [0.1, 0.15) is 13.3 Å². The highest BCUT2D eigenvalue weighted by Gasteiger charge is 2.21. The number of anilines is 1. The molecule has 2 amide bonds. The maximum absolute atomic E-state index is 12.1. The van der Waals surface area contributed by atoms with Crippen LogP contribution in [0.3, 0.4) is 0 Å². The van der Waals surface area contributed by atoms with Crippen molar-refractivity contribution in [2.24, 2.45) is 0 Å². The van der Waals surface area contributed by atoms with E-state index >= 15 is 0 Å². The third-order valence-corrected chi connectivity index (χ3v) is 3.57. The quantitative estimate of drug-likeness (QED) is 0.682. The Labute approximate surface area is 146 Å². The number of nitrogens with zero attached hydrogens (tertiary/aromatic N) is 1. The predicted octanol–water partition coefficient (Wildman–Crippen LogP) is 1.86. The summed E-state index contributed by atoms with van der Waals surface area (Å²) < 4.78 is 15.4. The van der Waals surface area contributed by atoms with Crippen molar-refractivity contribution in [1.29, 1.82) is 0 Å². The van der Waals surface area contributed by atoms with Gasteiger partial charge in [0.15, 0.2) is 0 Å². The standard InChI is InChI=1S/C16H23ClN2O5/c1-11(20)19(10-16(21)18-6-5-7-22-2)13-9-14(23-3)12(17)8-15(13)24-4/h8-9H,5-7,10H2,1-4H3,(H,18,21). The number of benzene rings is 1. The number of ether oxygens (including phenoxy) is 3. The Balaban J connectivity index is 2.95. The van der Waals surface area contributed by atoms with Crippen molar-refractivity contribution in [2.75, 3.05) is 45.9 Å².